The first-order valence-electron chi connectivity index (χ1n) is 5.39. The Morgan fingerprint density at radius 3 is 2.37 bits per heavy atom. The van der Waals surface area contributed by atoms with Crippen molar-refractivity contribution in [2.75, 3.05) is 0 Å². The lowest BCUT2D eigenvalue weighted by molar-refractivity contribution is 0.0989. The highest BCUT2D eigenvalue weighted by Crippen LogP contribution is 2.18. The molecule has 5 heteroatoms. The third-order valence-electron chi connectivity index (χ3n) is 2.52. The lowest BCUT2D eigenvalue weighted by atomic mass is 10.0. The first kappa shape index (κ1) is 13.8. The van der Waals surface area contributed by atoms with Crippen molar-refractivity contribution < 1.29 is 18.0 Å². The average molecular weight is 329 g/mol. The van der Waals surface area contributed by atoms with Crippen LogP contribution in [-0.4, -0.2) is 5.78 Å². The van der Waals surface area contributed by atoms with E-state index in [9.17, 15) is 18.0 Å². The second-order valence-electron chi connectivity index (χ2n) is 4.00. The molecule has 0 radical (unpaired) electrons. The van der Waals surface area contributed by atoms with E-state index in [1.165, 1.54) is 12.1 Å². The quantitative estimate of drug-likeness (QED) is 0.768. The summed E-state index contributed by atoms with van der Waals surface area (Å²) in [5, 5.41) is 0. The van der Waals surface area contributed by atoms with Crippen molar-refractivity contribution in [3.8, 4) is 0 Å². The summed E-state index contributed by atoms with van der Waals surface area (Å²) in [6, 6.07) is 6.77. The molecule has 0 aliphatic heterocycles. The van der Waals surface area contributed by atoms with E-state index in [4.69, 9.17) is 0 Å². The smallest absolute Gasteiger partial charge is 0.170 e. The number of rotatable bonds is 3. The fraction of sp³-hybridized carbons (Fsp3) is 0.0714. The summed E-state index contributed by atoms with van der Waals surface area (Å²) in [5.41, 5.74) is 0.211. The molecule has 2 aromatic carbocycles. The SMILES string of the molecule is O=C(Cc1cc(F)cc(Br)c1)c1ccc(F)cc1F. The summed E-state index contributed by atoms with van der Waals surface area (Å²) in [5.74, 6) is -2.69. The number of benzene rings is 2. The topological polar surface area (TPSA) is 17.1 Å². The predicted molar refractivity (Wildman–Crippen MR) is 68.5 cm³/mol. The highest BCUT2D eigenvalue weighted by Gasteiger charge is 2.13. The van der Waals surface area contributed by atoms with E-state index in [1.807, 2.05) is 0 Å². The first-order chi connectivity index (χ1) is 8.95. The van der Waals surface area contributed by atoms with Gasteiger partial charge in [0.1, 0.15) is 17.5 Å². The van der Waals surface area contributed by atoms with E-state index in [1.54, 1.807) is 6.07 Å². The van der Waals surface area contributed by atoms with Crippen LogP contribution in [0.15, 0.2) is 40.9 Å². The van der Waals surface area contributed by atoms with Crippen molar-refractivity contribution in [2.45, 2.75) is 6.42 Å². The van der Waals surface area contributed by atoms with E-state index in [0.717, 1.165) is 12.1 Å². The van der Waals surface area contributed by atoms with Crippen LogP contribution in [0.25, 0.3) is 0 Å². The summed E-state index contributed by atoms with van der Waals surface area (Å²) in [6.45, 7) is 0. The molecule has 0 saturated carbocycles. The van der Waals surface area contributed by atoms with Crippen molar-refractivity contribution in [1.29, 1.82) is 0 Å². The normalized spacial score (nSPS) is 10.5. The Hall–Kier alpha value is -1.62. The van der Waals surface area contributed by atoms with Gasteiger partial charge >= 0.3 is 0 Å². The van der Waals surface area contributed by atoms with Crippen molar-refractivity contribution >= 4 is 21.7 Å². The lowest BCUT2D eigenvalue weighted by Gasteiger charge is -2.04. The monoisotopic (exact) mass is 328 g/mol. The maximum Gasteiger partial charge on any atom is 0.170 e. The molecule has 19 heavy (non-hydrogen) atoms. The summed E-state index contributed by atoms with van der Waals surface area (Å²) in [7, 11) is 0. The number of hydrogen-bond acceptors (Lipinski definition) is 1. The summed E-state index contributed by atoms with van der Waals surface area (Å²) in [6.07, 6.45) is -0.154. The fourth-order valence-corrected chi connectivity index (χ4v) is 2.22. The van der Waals surface area contributed by atoms with E-state index in [0.29, 0.717) is 16.1 Å². The Morgan fingerprint density at radius 1 is 1.00 bits per heavy atom. The fourth-order valence-electron chi connectivity index (χ4n) is 1.71. The zero-order chi connectivity index (χ0) is 14.0. The van der Waals surface area contributed by atoms with Gasteiger partial charge in [0.25, 0.3) is 0 Å². The highest BCUT2D eigenvalue weighted by molar-refractivity contribution is 9.10. The molecule has 0 spiro atoms. The Labute approximate surface area is 116 Å². The molecular weight excluding hydrogens is 321 g/mol. The Kier molecular flexibility index (Phi) is 4.04. The first-order valence-corrected chi connectivity index (χ1v) is 6.18. The lowest BCUT2D eigenvalue weighted by Crippen LogP contribution is -2.06. The second kappa shape index (κ2) is 5.57. The van der Waals surface area contributed by atoms with Gasteiger partial charge in [-0.3, -0.25) is 4.79 Å². The van der Waals surface area contributed by atoms with Gasteiger partial charge in [-0.25, -0.2) is 13.2 Å². The summed E-state index contributed by atoms with van der Waals surface area (Å²) in [4.78, 5) is 11.9. The van der Waals surface area contributed by atoms with E-state index in [-0.39, 0.29) is 12.0 Å². The maximum absolute atomic E-state index is 13.4. The number of carbonyl (C=O) groups excluding carboxylic acids is 1. The van der Waals surface area contributed by atoms with Gasteiger partial charge in [-0.1, -0.05) is 15.9 Å². The number of ketones is 1. The predicted octanol–water partition coefficient (Wildman–Crippen LogP) is 4.29. The minimum Gasteiger partial charge on any atom is -0.294 e. The molecule has 0 bridgehead atoms. The molecule has 0 amide bonds. The van der Waals surface area contributed by atoms with Crippen molar-refractivity contribution in [2.24, 2.45) is 0 Å². The van der Waals surface area contributed by atoms with Crippen molar-refractivity contribution in [3.63, 3.8) is 0 Å². The Balaban J connectivity index is 2.25. The zero-order valence-electron chi connectivity index (χ0n) is 9.59. The molecule has 0 unspecified atom stereocenters. The van der Waals surface area contributed by atoms with Gasteiger partial charge in [-0.05, 0) is 35.9 Å². The molecule has 0 N–H and O–H groups in total. The number of Topliss-reactive ketones (excluding diaryl/α,β-unsaturated/α-hetero) is 1. The van der Waals surface area contributed by atoms with Crippen molar-refractivity contribution in [1.82, 2.24) is 0 Å². The van der Waals surface area contributed by atoms with Gasteiger partial charge in [0.05, 0.1) is 5.56 Å². The maximum atomic E-state index is 13.4. The van der Waals surface area contributed by atoms with E-state index >= 15 is 0 Å². The third kappa shape index (κ3) is 3.44. The van der Waals surface area contributed by atoms with Gasteiger partial charge in [-0.2, -0.15) is 0 Å². The van der Waals surface area contributed by atoms with Crippen LogP contribution in [0, 0.1) is 17.5 Å². The van der Waals surface area contributed by atoms with Crippen LogP contribution in [0.4, 0.5) is 13.2 Å². The van der Waals surface area contributed by atoms with Crippen LogP contribution in [0.5, 0.6) is 0 Å². The molecule has 0 atom stereocenters. The molecule has 0 aliphatic rings. The largest absolute Gasteiger partial charge is 0.294 e. The molecule has 2 aromatic rings. The minimum atomic E-state index is -0.916. The molecule has 0 aliphatic carbocycles. The molecule has 0 heterocycles. The Morgan fingerprint density at radius 2 is 1.74 bits per heavy atom. The van der Waals surface area contributed by atoms with E-state index < -0.39 is 23.2 Å². The molecule has 0 saturated heterocycles. The molecule has 0 fully saturated rings. The van der Waals surface area contributed by atoms with Crippen LogP contribution < -0.4 is 0 Å². The van der Waals surface area contributed by atoms with Gasteiger partial charge in [0.2, 0.25) is 0 Å². The summed E-state index contributed by atoms with van der Waals surface area (Å²) < 4.78 is 39.8. The molecule has 98 valence electrons. The average Bonchev–Trinajstić information content (AvgIpc) is 2.26. The third-order valence-corrected chi connectivity index (χ3v) is 2.98. The van der Waals surface area contributed by atoms with Gasteiger partial charge in [0.15, 0.2) is 5.78 Å². The van der Waals surface area contributed by atoms with Gasteiger partial charge in [-0.15, -0.1) is 0 Å². The van der Waals surface area contributed by atoms with Crippen LogP contribution in [0.3, 0.4) is 0 Å². The minimum absolute atomic E-state index is 0.154. The van der Waals surface area contributed by atoms with Crippen LogP contribution in [-0.2, 0) is 6.42 Å². The van der Waals surface area contributed by atoms with Crippen LogP contribution in [0.1, 0.15) is 15.9 Å². The van der Waals surface area contributed by atoms with E-state index in [2.05, 4.69) is 15.9 Å². The summed E-state index contributed by atoms with van der Waals surface area (Å²) >= 11 is 3.11. The molecule has 2 rings (SSSR count). The zero-order valence-corrected chi connectivity index (χ0v) is 11.2. The van der Waals surface area contributed by atoms with Gasteiger partial charge in [0, 0.05) is 17.0 Å². The molecule has 1 nitrogen and oxygen atoms in total. The number of hydrogen-bond donors (Lipinski definition) is 0. The van der Waals surface area contributed by atoms with Crippen molar-refractivity contribution in [3.05, 3.63) is 69.4 Å². The molecular formula is C14H8BrF3O. The second-order valence-corrected chi connectivity index (χ2v) is 4.92. The number of halogens is 4. The van der Waals surface area contributed by atoms with Crippen LogP contribution in [0.2, 0.25) is 0 Å². The number of carbonyl (C=O) groups is 1. The standard InChI is InChI=1S/C14H8BrF3O/c15-9-3-8(4-11(17)6-9)5-14(19)12-2-1-10(16)7-13(12)18/h1-4,6-7H,5H2. The van der Waals surface area contributed by atoms with Gasteiger partial charge < -0.3 is 0 Å². The molecule has 0 aromatic heterocycles. The highest BCUT2D eigenvalue weighted by atomic mass is 79.9. The Bertz CT molecular complexity index is 620. The van der Waals surface area contributed by atoms with Crippen LogP contribution >= 0.6 is 15.9 Å².